The molecule has 0 saturated carbocycles. The normalized spacial score (nSPS) is 11.3. The Balaban J connectivity index is 1.61. The van der Waals surface area contributed by atoms with Crippen LogP contribution >= 0.6 is 0 Å². The molecule has 0 spiro atoms. The number of nitriles is 1. The summed E-state index contributed by atoms with van der Waals surface area (Å²) in [6, 6.07) is 16.8. The van der Waals surface area contributed by atoms with Gasteiger partial charge in [-0.1, -0.05) is 30.8 Å². The van der Waals surface area contributed by atoms with Crippen LogP contribution in [0.4, 0.5) is 24.7 Å². The summed E-state index contributed by atoms with van der Waals surface area (Å²) in [5.74, 6) is -0.0509. The first-order valence-electron chi connectivity index (χ1n) is 12.1. The highest BCUT2D eigenvalue weighted by atomic mass is 19.4. The van der Waals surface area contributed by atoms with E-state index in [9.17, 15) is 23.2 Å². The summed E-state index contributed by atoms with van der Waals surface area (Å²) in [4.78, 5) is 15.9. The van der Waals surface area contributed by atoms with Crippen LogP contribution in [0, 0.1) is 11.3 Å². The van der Waals surface area contributed by atoms with E-state index < -0.39 is 11.9 Å². The van der Waals surface area contributed by atoms with Crippen molar-refractivity contribution in [2.75, 3.05) is 11.1 Å². The quantitative estimate of drug-likeness (QED) is 0.246. The number of rotatable bonds is 6. The number of alkyl halides is 3. The standard InChI is InChI=1S/C29H22F3N7O2/c1-4-22(40)36-19-9-5-17(6-10-19)26-24(25-27(38(26)2)18(14-33)15-35-28(25)34)16-7-11-20(12-8-16)41-23-13-21(29(30,31)32)39(3)37-23/h4-13,15H,1H2,2-3H3,(H2,34,35)(H,36,40). The molecule has 0 unspecified atom stereocenters. The molecule has 5 aromatic rings. The number of nitrogens with one attached hydrogen (secondary N) is 1. The van der Waals surface area contributed by atoms with Crippen LogP contribution in [0.1, 0.15) is 11.3 Å². The molecule has 0 aliphatic heterocycles. The van der Waals surface area contributed by atoms with Crippen molar-refractivity contribution in [2.45, 2.75) is 6.18 Å². The maximum Gasteiger partial charge on any atom is 0.433 e. The zero-order valence-electron chi connectivity index (χ0n) is 21.8. The van der Waals surface area contributed by atoms with Crippen LogP contribution < -0.4 is 15.8 Å². The van der Waals surface area contributed by atoms with Crippen molar-refractivity contribution in [3.05, 3.63) is 84.7 Å². The first-order chi connectivity index (χ1) is 19.5. The van der Waals surface area contributed by atoms with Gasteiger partial charge >= 0.3 is 6.18 Å². The monoisotopic (exact) mass is 557 g/mol. The molecule has 3 heterocycles. The Morgan fingerprint density at radius 3 is 2.37 bits per heavy atom. The second kappa shape index (κ2) is 10.2. The second-order valence-electron chi connectivity index (χ2n) is 9.06. The molecule has 0 fully saturated rings. The second-order valence-corrected chi connectivity index (χ2v) is 9.06. The molecule has 0 bridgehead atoms. The highest BCUT2D eigenvalue weighted by Gasteiger charge is 2.35. The number of aryl methyl sites for hydroxylation is 2. The fourth-order valence-corrected chi connectivity index (χ4v) is 4.68. The zero-order chi connectivity index (χ0) is 29.5. The molecule has 2 aromatic carbocycles. The molecule has 206 valence electrons. The average Bonchev–Trinajstić information content (AvgIpc) is 3.47. The van der Waals surface area contributed by atoms with Gasteiger partial charge < -0.3 is 20.4 Å². The average molecular weight is 558 g/mol. The third-order valence-electron chi connectivity index (χ3n) is 6.48. The molecule has 41 heavy (non-hydrogen) atoms. The van der Waals surface area contributed by atoms with Gasteiger partial charge in [-0.05, 0) is 41.5 Å². The summed E-state index contributed by atoms with van der Waals surface area (Å²) in [6.45, 7) is 3.45. The van der Waals surface area contributed by atoms with Crippen LogP contribution in [0.3, 0.4) is 0 Å². The smallest absolute Gasteiger partial charge is 0.433 e. The van der Waals surface area contributed by atoms with Crippen LogP contribution in [0.5, 0.6) is 11.6 Å². The molecule has 1 amide bonds. The Kier molecular flexibility index (Phi) is 6.72. The Morgan fingerprint density at radius 1 is 1.12 bits per heavy atom. The summed E-state index contributed by atoms with van der Waals surface area (Å²) in [5, 5.41) is 16.9. The molecule has 0 atom stereocenters. The maximum atomic E-state index is 13.2. The first kappa shape index (κ1) is 27.0. The van der Waals surface area contributed by atoms with E-state index in [1.807, 2.05) is 23.7 Å². The molecule has 3 N–H and O–H groups in total. The van der Waals surface area contributed by atoms with E-state index in [0.717, 1.165) is 17.3 Å². The minimum Gasteiger partial charge on any atom is -0.438 e. The molecule has 0 radical (unpaired) electrons. The molecule has 9 nitrogen and oxygen atoms in total. The lowest BCUT2D eigenvalue weighted by Crippen LogP contribution is -2.11. The van der Waals surface area contributed by atoms with Gasteiger partial charge in [0.05, 0.1) is 22.2 Å². The number of fused-ring (bicyclic) bond motifs is 1. The largest absolute Gasteiger partial charge is 0.438 e. The number of aromatic nitrogens is 4. The summed E-state index contributed by atoms with van der Waals surface area (Å²) in [7, 11) is 3.00. The molecule has 5 rings (SSSR count). The van der Waals surface area contributed by atoms with Crippen LogP contribution in [-0.4, -0.2) is 25.2 Å². The molecule has 0 saturated heterocycles. The van der Waals surface area contributed by atoms with Crippen molar-refractivity contribution in [1.29, 1.82) is 5.26 Å². The maximum absolute atomic E-state index is 13.2. The third kappa shape index (κ3) is 4.96. The number of carbonyl (C=O) groups is 1. The van der Waals surface area contributed by atoms with Crippen molar-refractivity contribution in [3.8, 4) is 40.1 Å². The van der Waals surface area contributed by atoms with Crippen molar-refractivity contribution in [3.63, 3.8) is 0 Å². The molecular formula is C29H22F3N7O2. The number of nitrogens with zero attached hydrogens (tertiary/aromatic N) is 5. The fourth-order valence-electron chi connectivity index (χ4n) is 4.68. The zero-order valence-corrected chi connectivity index (χ0v) is 21.8. The van der Waals surface area contributed by atoms with Gasteiger partial charge in [-0.2, -0.15) is 18.4 Å². The predicted molar refractivity (Wildman–Crippen MR) is 148 cm³/mol. The van der Waals surface area contributed by atoms with E-state index >= 15 is 0 Å². The minimum absolute atomic E-state index is 0.200. The van der Waals surface area contributed by atoms with Gasteiger partial charge in [0.2, 0.25) is 11.8 Å². The highest BCUT2D eigenvalue weighted by Crippen LogP contribution is 2.44. The van der Waals surface area contributed by atoms with Crippen molar-refractivity contribution in [2.24, 2.45) is 14.1 Å². The Labute approximate surface area is 231 Å². The molecule has 0 aliphatic carbocycles. The number of carbonyl (C=O) groups excluding carboxylic acids is 1. The molecule has 3 aromatic heterocycles. The Bertz CT molecular complexity index is 1850. The summed E-state index contributed by atoms with van der Waals surface area (Å²) in [5.41, 5.74) is 9.78. The lowest BCUT2D eigenvalue weighted by Gasteiger charge is -2.11. The summed E-state index contributed by atoms with van der Waals surface area (Å²) >= 11 is 0. The van der Waals surface area contributed by atoms with E-state index in [4.69, 9.17) is 10.5 Å². The van der Waals surface area contributed by atoms with E-state index in [2.05, 4.69) is 28.0 Å². The molecular weight excluding hydrogens is 535 g/mol. The number of nitrogens with two attached hydrogens (primary N) is 1. The lowest BCUT2D eigenvalue weighted by atomic mass is 9.98. The van der Waals surface area contributed by atoms with Gasteiger partial charge in [-0.15, -0.1) is 5.10 Å². The number of hydrogen-bond acceptors (Lipinski definition) is 6. The van der Waals surface area contributed by atoms with Crippen LogP contribution in [0.2, 0.25) is 0 Å². The number of hydrogen-bond donors (Lipinski definition) is 2. The van der Waals surface area contributed by atoms with E-state index in [1.54, 1.807) is 36.4 Å². The van der Waals surface area contributed by atoms with Gasteiger partial charge in [0.25, 0.3) is 0 Å². The number of benzene rings is 2. The minimum atomic E-state index is -4.57. The van der Waals surface area contributed by atoms with Gasteiger partial charge in [-0.25, -0.2) is 4.98 Å². The number of nitrogen functional groups attached to an aromatic ring is 1. The van der Waals surface area contributed by atoms with Crippen LogP contribution in [-0.2, 0) is 25.1 Å². The lowest BCUT2D eigenvalue weighted by molar-refractivity contribution is -0.143. The third-order valence-corrected chi connectivity index (χ3v) is 6.48. The number of ether oxygens (including phenoxy) is 1. The highest BCUT2D eigenvalue weighted by molar-refractivity contribution is 6.10. The molecule has 12 heteroatoms. The van der Waals surface area contributed by atoms with Gasteiger partial charge in [0.15, 0.2) is 0 Å². The van der Waals surface area contributed by atoms with E-state index in [1.165, 1.54) is 19.3 Å². The van der Waals surface area contributed by atoms with Crippen LogP contribution in [0.25, 0.3) is 33.3 Å². The predicted octanol–water partition coefficient (Wildman–Crippen LogP) is 6.03. The van der Waals surface area contributed by atoms with Gasteiger partial charge in [-0.3, -0.25) is 9.48 Å². The number of amides is 1. The van der Waals surface area contributed by atoms with Crippen molar-refractivity contribution >= 4 is 28.3 Å². The SMILES string of the molecule is C=CC(=O)Nc1ccc(-c2c(-c3ccc(Oc4cc(C(F)(F)F)n(C)n4)cc3)c3c(N)ncc(C#N)c3n2C)cc1. The van der Waals surface area contributed by atoms with E-state index in [0.29, 0.717) is 38.0 Å². The summed E-state index contributed by atoms with van der Waals surface area (Å²) in [6.07, 6.45) is -1.98. The molecule has 0 aliphatic rings. The number of pyridine rings is 1. The first-order valence-corrected chi connectivity index (χ1v) is 12.1. The van der Waals surface area contributed by atoms with Crippen molar-refractivity contribution in [1.82, 2.24) is 19.3 Å². The van der Waals surface area contributed by atoms with E-state index in [-0.39, 0.29) is 23.4 Å². The van der Waals surface area contributed by atoms with Gasteiger partial charge in [0, 0.05) is 37.6 Å². The fraction of sp³-hybridized carbons (Fsp3) is 0.103. The Hall–Kier alpha value is -5.57. The summed E-state index contributed by atoms with van der Waals surface area (Å²) < 4.78 is 47.6. The number of anilines is 2. The van der Waals surface area contributed by atoms with Crippen LogP contribution in [0.15, 0.2) is 73.4 Å². The Morgan fingerprint density at radius 2 is 1.78 bits per heavy atom. The number of halogens is 3. The topological polar surface area (TPSA) is 124 Å². The van der Waals surface area contributed by atoms with Gasteiger partial charge in [0.1, 0.15) is 23.3 Å². The van der Waals surface area contributed by atoms with Crippen molar-refractivity contribution < 1.29 is 22.7 Å².